The molecule has 0 aromatic carbocycles. The molecule has 1 aromatic heterocycles. The molecule has 1 fully saturated rings. The lowest BCUT2D eigenvalue weighted by Gasteiger charge is -2.34. The number of hydrogen-bond donors (Lipinski definition) is 2. The van der Waals surface area contributed by atoms with E-state index in [2.05, 4.69) is 17.6 Å². The molecular formula is C12H18N2O2S. The summed E-state index contributed by atoms with van der Waals surface area (Å²) in [4.78, 5) is 12.8. The van der Waals surface area contributed by atoms with Crippen LogP contribution in [0.4, 0.5) is 0 Å². The van der Waals surface area contributed by atoms with Crippen LogP contribution in [0.1, 0.15) is 29.4 Å². The van der Waals surface area contributed by atoms with Crippen molar-refractivity contribution in [3.63, 3.8) is 0 Å². The van der Waals surface area contributed by atoms with Gasteiger partial charge in [-0.15, -0.1) is 11.3 Å². The Morgan fingerprint density at radius 1 is 1.53 bits per heavy atom. The summed E-state index contributed by atoms with van der Waals surface area (Å²) in [7, 11) is 1.61. The summed E-state index contributed by atoms with van der Waals surface area (Å²) in [6.45, 7) is 4.03. The molecule has 1 saturated heterocycles. The van der Waals surface area contributed by atoms with Gasteiger partial charge in [-0.3, -0.25) is 4.79 Å². The normalized spacial score (nSPS) is 18.7. The Labute approximate surface area is 105 Å². The molecule has 0 saturated carbocycles. The van der Waals surface area contributed by atoms with Crippen LogP contribution in [0.25, 0.3) is 0 Å². The molecule has 1 aliphatic rings. The molecule has 17 heavy (non-hydrogen) atoms. The Kier molecular flexibility index (Phi) is 3.69. The van der Waals surface area contributed by atoms with Gasteiger partial charge in [0.2, 0.25) is 0 Å². The van der Waals surface area contributed by atoms with Crippen LogP contribution >= 0.6 is 11.3 Å². The molecule has 0 aliphatic carbocycles. The van der Waals surface area contributed by atoms with Crippen LogP contribution in [0, 0.1) is 0 Å². The Morgan fingerprint density at radius 2 is 2.24 bits per heavy atom. The van der Waals surface area contributed by atoms with E-state index in [4.69, 9.17) is 4.74 Å². The number of carbonyl (C=O) groups is 1. The zero-order valence-corrected chi connectivity index (χ0v) is 11.0. The molecule has 94 valence electrons. The number of rotatable bonds is 3. The van der Waals surface area contributed by atoms with E-state index >= 15 is 0 Å². The van der Waals surface area contributed by atoms with Crippen molar-refractivity contribution in [3.05, 3.63) is 16.3 Å². The molecule has 1 aliphatic heterocycles. The lowest BCUT2D eigenvalue weighted by Crippen LogP contribution is -2.52. The fourth-order valence-electron chi connectivity index (χ4n) is 1.98. The Balaban J connectivity index is 2.00. The van der Waals surface area contributed by atoms with Crippen molar-refractivity contribution < 1.29 is 9.53 Å². The molecule has 1 aromatic rings. The number of ether oxygens (including phenoxy) is 1. The summed E-state index contributed by atoms with van der Waals surface area (Å²) in [5.41, 5.74) is -0.0838. The van der Waals surface area contributed by atoms with Crippen LogP contribution in [0.15, 0.2) is 11.4 Å². The summed E-state index contributed by atoms with van der Waals surface area (Å²) >= 11 is 1.42. The summed E-state index contributed by atoms with van der Waals surface area (Å²) < 4.78 is 5.08. The fraction of sp³-hybridized carbons (Fsp3) is 0.583. The fourth-order valence-corrected chi connectivity index (χ4v) is 2.73. The average Bonchev–Trinajstić information content (AvgIpc) is 2.78. The monoisotopic (exact) mass is 254 g/mol. The topological polar surface area (TPSA) is 50.4 Å². The van der Waals surface area contributed by atoms with Crippen molar-refractivity contribution in [3.8, 4) is 5.75 Å². The third-order valence-corrected chi connectivity index (χ3v) is 4.06. The Hall–Kier alpha value is -1.07. The van der Waals surface area contributed by atoms with Crippen LogP contribution < -0.4 is 15.4 Å². The van der Waals surface area contributed by atoms with E-state index in [0.29, 0.717) is 4.88 Å². The molecule has 4 nitrogen and oxygen atoms in total. The van der Waals surface area contributed by atoms with Crippen LogP contribution in [0.5, 0.6) is 5.75 Å². The van der Waals surface area contributed by atoms with Gasteiger partial charge in [0.1, 0.15) is 5.75 Å². The highest BCUT2D eigenvalue weighted by atomic mass is 32.1. The van der Waals surface area contributed by atoms with Crippen molar-refractivity contribution in [2.45, 2.75) is 25.3 Å². The first kappa shape index (κ1) is 12.4. The first-order valence-corrected chi connectivity index (χ1v) is 6.67. The summed E-state index contributed by atoms with van der Waals surface area (Å²) in [6, 6.07) is 1.78. The molecule has 2 rings (SSSR count). The predicted octanol–water partition coefficient (Wildman–Crippen LogP) is 1.63. The first-order valence-electron chi connectivity index (χ1n) is 5.79. The van der Waals surface area contributed by atoms with Crippen molar-refractivity contribution in [2.24, 2.45) is 0 Å². The van der Waals surface area contributed by atoms with Gasteiger partial charge in [-0.25, -0.2) is 0 Å². The molecule has 0 radical (unpaired) electrons. The summed E-state index contributed by atoms with van der Waals surface area (Å²) in [5.74, 6) is 0.748. The van der Waals surface area contributed by atoms with Crippen LogP contribution in [0.2, 0.25) is 0 Å². The summed E-state index contributed by atoms with van der Waals surface area (Å²) in [5, 5.41) is 8.27. The minimum Gasteiger partial charge on any atom is -0.496 e. The number of amides is 1. The average molecular weight is 254 g/mol. The van der Waals surface area contributed by atoms with Gasteiger partial charge in [-0.2, -0.15) is 0 Å². The second-order valence-electron chi connectivity index (χ2n) is 4.62. The van der Waals surface area contributed by atoms with Crippen molar-refractivity contribution in [1.29, 1.82) is 0 Å². The lowest BCUT2D eigenvalue weighted by molar-refractivity contribution is 0.0891. The van der Waals surface area contributed by atoms with Gasteiger partial charge in [-0.1, -0.05) is 0 Å². The van der Waals surface area contributed by atoms with Gasteiger partial charge in [0, 0.05) is 17.0 Å². The standard InChI is InChI=1S/C12H18N2O2S/c1-12(3-5-13-6-4-12)14-11(15)10-7-9(16-2)8-17-10/h7-8,13H,3-6H2,1-2H3,(H,14,15). The molecule has 0 unspecified atom stereocenters. The number of nitrogens with one attached hydrogen (secondary N) is 2. The molecule has 0 atom stereocenters. The van der Waals surface area contributed by atoms with Gasteiger partial charge in [0.25, 0.3) is 5.91 Å². The minimum absolute atomic E-state index is 0.00250. The van der Waals surface area contributed by atoms with Crippen LogP contribution in [-0.4, -0.2) is 31.6 Å². The molecule has 1 amide bonds. The maximum atomic E-state index is 12.1. The maximum Gasteiger partial charge on any atom is 0.261 e. The number of carbonyl (C=O) groups excluding carboxylic acids is 1. The largest absolute Gasteiger partial charge is 0.496 e. The van der Waals surface area contributed by atoms with E-state index in [1.807, 2.05) is 5.38 Å². The predicted molar refractivity (Wildman–Crippen MR) is 68.8 cm³/mol. The van der Waals surface area contributed by atoms with Crippen molar-refractivity contribution in [1.82, 2.24) is 10.6 Å². The highest BCUT2D eigenvalue weighted by Crippen LogP contribution is 2.23. The molecule has 0 bridgehead atoms. The third-order valence-electron chi connectivity index (χ3n) is 3.16. The minimum atomic E-state index is -0.0838. The smallest absolute Gasteiger partial charge is 0.261 e. The van der Waals surface area contributed by atoms with Gasteiger partial charge in [-0.05, 0) is 32.9 Å². The number of methoxy groups -OCH3 is 1. The summed E-state index contributed by atoms with van der Waals surface area (Å²) in [6.07, 6.45) is 1.95. The van der Waals surface area contributed by atoms with Crippen molar-refractivity contribution >= 4 is 17.2 Å². The molecule has 2 heterocycles. The second-order valence-corrected chi connectivity index (χ2v) is 5.53. The zero-order chi connectivity index (χ0) is 12.3. The van der Waals surface area contributed by atoms with Crippen LogP contribution in [0.3, 0.4) is 0 Å². The van der Waals surface area contributed by atoms with E-state index in [9.17, 15) is 4.79 Å². The number of piperidine rings is 1. The SMILES string of the molecule is COc1csc(C(=O)NC2(C)CCNCC2)c1. The maximum absolute atomic E-state index is 12.1. The van der Waals surface area contributed by atoms with E-state index in [0.717, 1.165) is 31.7 Å². The van der Waals surface area contributed by atoms with E-state index < -0.39 is 0 Å². The quantitative estimate of drug-likeness (QED) is 0.862. The molecule has 5 heteroatoms. The molecule has 0 spiro atoms. The van der Waals surface area contributed by atoms with Gasteiger partial charge >= 0.3 is 0 Å². The molecular weight excluding hydrogens is 236 g/mol. The van der Waals surface area contributed by atoms with Crippen LogP contribution in [-0.2, 0) is 0 Å². The van der Waals surface area contributed by atoms with Crippen molar-refractivity contribution in [2.75, 3.05) is 20.2 Å². The van der Waals surface area contributed by atoms with Gasteiger partial charge < -0.3 is 15.4 Å². The highest BCUT2D eigenvalue weighted by Gasteiger charge is 2.29. The van der Waals surface area contributed by atoms with Gasteiger partial charge in [0.05, 0.1) is 12.0 Å². The molecule has 2 N–H and O–H groups in total. The van der Waals surface area contributed by atoms with Gasteiger partial charge in [0.15, 0.2) is 0 Å². The lowest BCUT2D eigenvalue weighted by atomic mass is 9.90. The Bertz CT molecular complexity index is 397. The third kappa shape index (κ3) is 2.98. The number of thiophene rings is 1. The first-order chi connectivity index (χ1) is 8.13. The zero-order valence-electron chi connectivity index (χ0n) is 10.2. The number of hydrogen-bond acceptors (Lipinski definition) is 4. The van der Waals surface area contributed by atoms with E-state index in [-0.39, 0.29) is 11.4 Å². The highest BCUT2D eigenvalue weighted by molar-refractivity contribution is 7.12. The van der Waals surface area contributed by atoms with E-state index in [1.165, 1.54) is 11.3 Å². The Morgan fingerprint density at radius 3 is 2.82 bits per heavy atom. The van der Waals surface area contributed by atoms with E-state index in [1.54, 1.807) is 13.2 Å². The second kappa shape index (κ2) is 5.06.